The molecule has 3 atom stereocenters. The minimum Gasteiger partial charge on any atom is -0.366 e. The van der Waals surface area contributed by atoms with Crippen molar-refractivity contribution in [3.63, 3.8) is 0 Å². The maximum atomic E-state index is 14.4. The highest BCUT2D eigenvalue weighted by molar-refractivity contribution is 5.82. The number of benzene rings is 1. The van der Waals surface area contributed by atoms with Crippen molar-refractivity contribution in [2.45, 2.75) is 70.2 Å². The third-order valence-electron chi connectivity index (χ3n) is 6.30. The SMILES string of the molecule is Cc1cc(CNC(O)N(C2CC2)C2CCCN(C3=NC(C)(O)C=CN3)C2)c(F)cc1C#N. The Kier molecular flexibility index (Phi) is 6.49. The van der Waals surface area contributed by atoms with E-state index in [4.69, 9.17) is 5.26 Å². The summed E-state index contributed by atoms with van der Waals surface area (Å²) >= 11 is 0. The van der Waals surface area contributed by atoms with Crippen molar-refractivity contribution in [3.05, 3.63) is 46.9 Å². The molecule has 3 aliphatic rings. The van der Waals surface area contributed by atoms with E-state index in [1.807, 2.05) is 6.07 Å². The van der Waals surface area contributed by atoms with Crippen LogP contribution in [0.5, 0.6) is 0 Å². The van der Waals surface area contributed by atoms with Gasteiger partial charge in [0, 0.05) is 43.5 Å². The third kappa shape index (κ3) is 5.10. The van der Waals surface area contributed by atoms with Crippen molar-refractivity contribution in [2.24, 2.45) is 4.99 Å². The number of likely N-dealkylation sites (tertiary alicyclic amines) is 1. The van der Waals surface area contributed by atoms with Crippen molar-refractivity contribution in [3.8, 4) is 6.07 Å². The molecule has 1 aromatic carbocycles. The molecule has 1 aliphatic carbocycles. The standard InChI is InChI=1S/C23H31FN6O2/c1-15-10-17(20(24)11-16(15)12-25)13-27-22(31)30(18-5-6-18)19-4-3-9-29(14-19)21-26-8-7-23(2,32)28-21/h7-8,10-11,18-19,22,27,31-32H,3-6,9,13-14H2,1-2H3,(H,26,28). The quantitative estimate of drug-likeness (QED) is 0.495. The van der Waals surface area contributed by atoms with Crippen molar-refractivity contribution in [1.82, 2.24) is 20.4 Å². The normalized spacial score (nSPS) is 26.5. The van der Waals surface area contributed by atoms with Crippen LogP contribution >= 0.6 is 0 Å². The second-order valence-electron chi connectivity index (χ2n) is 9.05. The molecule has 9 heteroatoms. The first-order chi connectivity index (χ1) is 15.3. The summed E-state index contributed by atoms with van der Waals surface area (Å²) in [6.07, 6.45) is 6.33. The number of piperidine rings is 1. The van der Waals surface area contributed by atoms with Crippen LogP contribution in [0, 0.1) is 24.1 Å². The summed E-state index contributed by atoms with van der Waals surface area (Å²) in [5.74, 6) is 0.186. The minimum atomic E-state index is -1.23. The smallest absolute Gasteiger partial charge is 0.201 e. The average molecular weight is 443 g/mol. The molecule has 0 amide bonds. The summed E-state index contributed by atoms with van der Waals surface area (Å²) in [6.45, 7) is 5.08. The Morgan fingerprint density at radius 2 is 2.19 bits per heavy atom. The Morgan fingerprint density at radius 3 is 2.88 bits per heavy atom. The maximum absolute atomic E-state index is 14.4. The molecule has 2 fully saturated rings. The van der Waals surface area contributed by atoms with Gasteiger partial charge in [0.05, 0.1) is 11.6 Å². The number of rotatable bonds is 6. The zero-order valence-corrected chi connectivity index (χ0v) is 18.6. The zero-order valence-electron chi connectivity index (χ0n) is 18.6. The molecule has 0 radical (unpaired) electrons. The number of hydrogen-bond acceptors (Lipinski definition) is 8. The summed E-state index contributed by atoms with van der Waals surface area (Å²) in [5, 5.41) is 36.5. The summed E-state index contributed by atoms with van der Waals surface area (Å²) < 4.78 is 14.4. The van der Waals surface area contributed by atoms with Crippen LogP contribution in [0.2, 0.25) is 0 Å². The van der Waals surface area contributed by atoms with Crippen LogP contribution in [0.4, 0.5) is 4.39 Å². The minimum absolute atomic E-state index is 0.103. The molecule has 2 aliphatic heterocycles. The fourth-order valence-electron chi connectivity index (χ4n) is 4.48. The van der Waals surface area contributed by atoms with E-state index in [9.17, 15) is 14.6 Å². The Bertz CT molecular complexity index is 953. The molecule has 0 bridgehead atoms. The summed E-state index contributed by atoms with van der Waals surface area (Å²) in [7, 11) is 0. The summed E-state index contributed by atoms with van der Waals surface area (Å²) in [4.78, 5) is 8.59. The van der Waals surface area contributed by atoms with Crippen LogP contribution in [0.15, 0.2) is 29.4 Å². The Labute approximate surface area is 188 Å². The van der Waals surface area contributed by atoms with Crippen LogP contribution < -0.4 is 10.6 Å². The van der Waals surface area contributed by atoms with Crippen LogP contribution in [-0.2, 0) is 6.54 Å². The number of aryl methyl sites for hydroxylation is 1. The van der Waals surface area contributed by atoms with Crippen molar-refractivity contribution in [2.75, 3.05) is 13.1 Å². The number of aliphatic imine (C=N–C) groups is 1. The van der Waals surface area contributed by atoms with E-state index >= 15 is 0 Å². The first-order valence-electron chi connectivity index (χ1n) is 11.2. The molecule has 4 rings (SSSR count). The van der Waals surface area contributed by atoms with E-state index in [1.54, 1.807) is 32.2 Å². The fraction of sp³-hybridized carbons (Fsp3) is 0.565. The highest BCUT2D eigenvalue weighted by Gasteiger charge is 2.40. The van der Waals surface area contributed by atoms with Gasteiger partial charge in [-0.05, 0) is 57.2 Å². The topological polar surface area (TPSA) is 107 Å². The van der Waals surface area contributed by atoms with Crippen LogP contribution in [-0.4, -0.2) is 63.2 Å². The van der Waals surface area contributed by atoms with E-state index in [0.717, 1.165) is 32.2 Å². The molecular formula is C23H31FN6O2. The second kappa shape index (κ2) is 9.16. The van der Waals surface area contributed by atoms with Crippen molar-refractivity contribution in [1.29, 1.82) is 5.26 Å². The molecule has 2 heterocycles. The molecule has 1 saturated heterocycles. The van der Waals surface area contributed by atoms with E-state index in [2.05, 4.69) is 25.4 Å². The van der Waals surface area contributed by atoms with Crippen LogP contribution in [0.1, 0.15) is 49.3 Å². The Morgan fingerprint density at radius 1 is 1.41 bits per heavy atom. The number of nitrogens with one attached hydrogen (secondary N) is 2. The van der Waals surface area contributed by atoms with Crippen molar-refractivity contribution >= 4 is 5.96 Å². The molecule has 1 aromatic rings. The lowest BCUT2D eigenvalue weighted by molar-refractivity contribution is -0.0665. The molecular weight excluding hydrogens is 411 g/mol. The maximum Gasteiger partial charge on any atom is 0.201 e. The number of guanidine groups is 1. The van der Waals surface area contributed by atoms with Gasteiger partial charge in [0.1, 0.15) is 5.82 Å². The van der Waals surface area contributed by atoms with Crippen molar-refractivity contribution < 1.29 is 14.6 Å². The van der Waals surface area contributed by atoms with Gasteiger partial charge in [-0.3, -0.25) is 10.2 Å². The highest BCUT2D eigenvalue weighted by Crippen LogP contribution is 2.32. The van der Waals surface area contributed by atoms with E-state index in [0.29, 0.717) is 35.2 Å². The first-order valence-corrected chi connectivity index (χ1v) is 11.2. The number of nitrogens with zero attached hydrogens (tertiary/aromatic N) is 4. The van der Waals surface area contributed by atoms with Gasteiger partial charge < -0.3 is 20.4 Å². The third-order valence-corrected chi connectivity index (χ3v) is 6.30. The lowest BCUT2D eigenvalue weighted by Gasteiger charge is -2.43. The molecule has 0 aromatic heterocycles. The average Bonchev–Trinajstić information content (AvgIpc) is 3.58. The van der Waals surface area contributed by atoms with Gasteiger partial charge >= 0.3 is 0 Å². The van der Waals surface area contributed by atoms with E-state index < -0.39 is 17.9 Å². The van der Waals surface area contributed by atoms with Gasteiger partial charge in [0.25, 0.3) is 0 Å². The van der Waals surface area contributed by atoms with E-state index in [-0.39, 0.29) is 12.6 Å². The van der Waals surface area contributed by atoms with E-state index in [1.165, 1.54) is 6.07 Å². The predicted octanol–water partition coefficient (Wildman–Crippen LogP) is 1.48. The second-order valence-corrected chi connectivity index (χ2v) is 9.05. The van der Waals surface area contributed by atoms with Gasteiger partial charge in [-0.25, -0.2) is 9.38 Å². The largest absolute Gasteiger partial charge is 0.366 e. The van der Waals surface area contributed by atoms with Gasteiger partial charge in [-0.1, -0.05) is 6.07 Å². The highest BCUT2D eigenvalue weighted by atomic mass is 19.1. The summed E-state index contributed by atoms with van der Waals surface area (Å²) in [6, 6.07) is 5.29. The van der Waals surface area contributed by atoms with Gasteiger partial charge in [0.2, 0.25) is 5.96 Å². The number of nitriles is 1. The number of hydrogen-bond donors (Lipinski definition) is 4. The molecule has 8 nitrogen and oxygen atoms in total. The lowest BCUT2D eigenvalue weighted by Crippen LogP contribution is -2.58. The summed E-state index contributed by atoms with van der Waals surface area (Å²) in [5.41, 5.74) is 0.236. The van der Waals surface area contributed by atoms with Crippen LogP contribution in [0.3, 0.4) is 0 Å². The molecule has 3 unspecified atom stereocenters. The molecule has 172 valence electrons. The van der Waals surface area contributed by atoms with Gasteiger partial charge in [-0.2, -0.15) is 5.26 Å². The fourth-order valence-corrected chi connectivity index (χ4v) is 4.48. The molecule has 4 N–H and O–H groups in total. The van der Waals surface area contributed by atoms with Gasteiger partial charge in [0.15, 0.2) is 12.1 Å². The molecule has 0 spiro atoms. The number of aliphatic hydroxyl groups is 2. The first kappa shape index (κ1) is 22.7. The Hall–Kier alpha value is -2.51. The monoisotopic (exact) mass is 442 g/mol. The molecule has 32 heavy (non-hydrogen) atoms. The Balaban J connectivity index is 1.43. The predicted molar refractivity (Wildman–Crippen MR) is 118 cm³/mol. The molecule has 1 saturated carbocycles. The van der Waals surface area contributed by atoms with Crippen LogP contribution in [0.25, 0.3) is 0 Å². The zero-order chi connectivity index (χ0) is 22.9. The number of halogens is 1. The van der Waals surface area contributed by atoms with Gasteiger partial charge in [-0.15, -0.1) is 0 Å². The number of aliphatic hydroxyl groups excluding tert-OH is 1. The lowest BCUT2D eigenvalue weighted by atomic mass is 10.0.